The summed E-state index contributed by atoms with van der Waals surface area (Å²) in [5.74, 6) is 1.44. The Morgan fingerprint density at radius 1 is 1.38 bits per heavy atom. The summed E-state index contributed by atoms with van der Waals surface area (Å²) in [6.45, 7) is 4.37. The second-order valence-corrected chi connectivity index (χ2v) is 4.49. The highest BCUT2D eigenvalue weighted by molar-refractivity contribution is 7.98. The Bertz CT molecular complexity index is 339. The molecule has 0 atom stereocenters. The average molecular weight is 240 g/mol. The molecule has 0 aliphatic rings. The number of rotatable bonds is 5. The van der Waals surface area contributed by atoms with E-state index < -0.39 is 0 Å². The van der Waals surface area contributed by atoms with Gasteiger partial charge in [0.2, 0.25) is 0 Å². The first-order valence-corrected chi connectivity index (χ1v) is 6.76. The summed E-state index contributed by atoms with van der Waals surface area (Å²) < 4.78 is 0. The van der Waals surface area contributed by atoms with Gasteiger partial charge < -0.3 is 10.6 Å². The maximum absolute atomic E-state index is 5.76. The highest BCUT2D eigenvalue weighted by Crippen LogP contribution is 2.21. The fourth-order valence-corrected chi connectivity index (χ4v) is 2.11. The van der Waals surface area contributed by atoms with Crippen LogP contribution in [0.25, 0.3) is 0 Å². The third kappa shape index (κ3) is 3.01. The lowest BCUT2D eigenvalue weighted by Crippen LogP contribution is -2.31. The van der Waals surface area contributed by atoms with Crippen LogP contribution in [-0.2, 0) is 0 Å². The molecule has 0 aliphatic heterocycles. The van der Waals surface area contributed by atoms with E-state index in [9.17, 15) is 0 Å². The summed E-state index contributed by atoms with van der Waals surface area (Å²) in [4.78, 5) is 10.8. The van der Waals surface area contributed by atoms with Crippen molar-refractivity contribution >= 4 is 23.4 Å². The molecule has 0 spiro atoms. The van der Waals surface area contributed by atoms with Gasteiger partial charge in [0.1, 0.15) is 11.6 Å². The van der Waals surface area contributed by atoms with Crippen molar-refractivity contribution in [1.29, 1.82) is 0 Å². The number of anilines is 2. The zero-order chi connectivity index (χ0) is 12.1. The molecule has 4 nitrogen and oxygen atoms in total. The second-order valence-electron chi connectivity index (χ2n) is 3.72. The Balaban J connectivity index is 2.97. The SMILES string of the molecule is CCC(CC)N(C)c1cc(N)nc(SC)n1. The van der Waals surface area contributed by atoms with E-state index in [-0.39, 0.29) is 0 Å². The Labute approximate surface area is 102 Å². The summed E-state index contributed by atoms with van der Waals surface area (Å²) in [5.41, 5.74) is 5.76. The van der Waals surface area contributed by atoms with Crippen molar-refractivity contribution in [1.82, 2.24) is 9.97 Å². The van der Waals surface area contributed by atoms with Gasteiger partial charge >= 0.3 is 0 Å². The van der Waals surface area contributed by atoms with Gasteiger partial charge in [-0.05, 0) is 19.1 Å². The van der Waals surface area contributed by atoms with Crippen molar-refractivity contribution in [2.75, 3.05) is 23.9 Å². The van der Waals surface area contributed by atoms with Crippen LogP contribution in [-0.4, -0.2) is 29.3 Å². The smallest absolute Gasteiger partial charge is 0.191 e. The molecule has 2 N–H and O–H groups in total. The first kappa shape index (κ1) is 13.1. The van der Waals surface area contributed by atoms with Gasteiger partial charge in [0.05, 0.1) is 0 Å². The summed E-state index contributed by atoms with van der Waals surface area (Å²) in [6, 6.07) is 2.34. The second kappa shape index (κ2) is 5.94. The van der Waals surface area contributed by atoms with E-state index in [2.05, 4.69) is 35.8 Å². The van der Waals surface area contributed by atoms with Crippen molar-refractivity contribution in [3.8, 4) is 0 Å². The van der Waals surface area contributed by atoms with Gasteiger partial charge in [-0.25, -0.2) is 9.97 Å². The molecule has 0 amide bonds. The van der Waals surface area contributed by atoms with E-state index >= 15 is 0 Å². The van der Waals surface area contributed by atoms with Crippen LogP contribution >= 0.6 is 11.8 Å². The predicted octanol–water partition coefficient (Wildman–Crippen LogP) is 2.41. The third-order valence-corrected chi connectivity index (χ3v) is 3.29. The van der Waals surface area contributed by atoms with Gasteiger partial charge in [0, 0.05) is 19.2 Å². The summed E-state index contributed by atoms with van der Waals surface area (Å²) in [5, 5.41) is 0.729. The van der Waals surface area contributed by atoms with E-state index in [1.807, 2.05) is 12.3 Å². The van der Waals surface area contributed by atoms with Crippen LogP contribution in [0.4, 0.5) is 11.6 Å². The molecular formula is C11H20N4S. The molecule has 5 heteroatoms. The minimum atomic E-state index is 0.504. The van der Waals surface area contributed by atoms with Gasteiger partial charge in [-0.15, -0.1) is 0 Å². The lowest BCUT2D eigenvalue weighted by Gasteiger charge is -2.27. The van der Waals surface area contributed by atoms with E-state index in [1.54, 1.807) is 0 Å². The molecule has 1 aromatic heterocycles. The highest BCUT2D eigenvalue weighted by atomic mass is 32.2. The first-order chi connectivity index (χ1) is 7.62. The molecule has 0 saturated heterocycles. The minimum absolute atomic E-state index is 0.504. The summed E-state index contributed by atoms with van der Waals surface area (Å²) >= 11 is 1.51. The molecule has 0 unspecified atom stereocenters. The van der Waals surface area contributed by atoms with Crippen LogP contribution in [0.1, 0.15) is 26.7 Å². The fraction of sp³-hybridized carbons (Fsp3) is 0.636. The number of hydrogen-bond acceptors (Lipinski definition) is 5. The Morgan fingerprint density at radius 3 is 2.50 bits per heavy atom. The number of nitrogen functional groups attached to an aromatic ring is 1. The van der Waals surface area contributed by atoms with E-state index in [0.29, 0.717) is 11.9 Å². The van der Waals surface area contributed by atoms with Crippen LogP contribution in [0.3, 0.4) is 0 Å². The molecule has 90 valence electrons. The van der Waals surface area contributed by atoms with Crippen molar-refractivity contribution < 1.29 is 0 Å². The van der Waals surface area contributed by atoms with Gasteiger partial charge in [-0.2, -0.15) is 0 Å². The van der Waals surface area contributed by atoms with Gasteiger partial charge in [0.25, 0.3) is 0 Å². The molecule has 1 aromatic rings. The standard InChI is InChI=1S/C11H20N4S/c1-5-8(6-2)15(3)10-7-9(12)13-11(14-10)16-4/h7-8H,5-6H2,1-4H3,(H2,12,13,14). The summed E-state index contributed by atoms with van der Waals surface area (Å²) in [6.07, 6.45) is 4.16. The average Bonchev–Trinajstić information content (AvgIpc) is 2.29. The quantitative estimate of drug-likeness (QED) is 0.632. The lowest BCUT2D eigenvalue weighted by atomic mass is 10.1. The molecule has 1 rings (SSSR count). The number of nitrogens with two attached hydrogens (primary N) is 1. The Hall–Kier alpha value is -0.970. The van der Waals surface area contributed by atoms with E-state index in [1.165, 1.54) is 11.8 Å². The largest absolute Gasteiger partial charge is 0.383 e. The number of aromatic nitrogens is 2. The highest BCUT2D eigenvalue weighted by Gasteiger charge is 2.13. The van der Waals surface area contributed by atoms with Crippen LogP contribution in [0.2, 0.25) is 0 Å². The Kier molecular flexibility index (Phi) is 4.86. The minimum Gasteiger partial charge on any atom is -0.383 e. The number of nitrogens with zero attached hydrogens (tertiary/aromatic N) is 3. The molecule has 0 aromatic carbocycles. The van der Waals surface area contributed by atoms with Crippen LogP contribution in [0.5, 0.6) is 0 Å². The molecule has 0 aliphatic carbocycles. The van der Waals surface area contributed by atoms with E-state index in [4.69, 9.17) is 5.73 Å². The molecule has 0 fully saturated rings. The number of hydrogen-bond donors (Lipinski definition) is 1. The lowest BCUT2D eigenvalue weighted by molar-refractivity contribution is 0.584. The third-order valence-electron chi connectivity index (χ3n) is 2.75. The molecule has 16 heavy (non-hydrogen) atoms. The van der Waals surface area contributed by atoms with Crippen LogP contribution < -0.4 is 10.6 Å². The van der Waals surface area contributed by atoms with E-state index in [0.717, 1.165) is 23.8 Å². The molecule has 1 heterocycles. The van der Waals surface area contributed by atoms with Crippen molar-refractivity contribution in [3.05, 3.63) is 6.07 Å². The van der Waals surface area contributed by atoms with Gasteiger partial charge in [-0.3, -0.25) is 0 Å². The maximum atomic E-state index is 5.76. The molecule has 0 radical (unpaired) electrons. The van der Waals surface area contributed by atoms with Crippen molar-refractivity contribution in [3.63, 3.8) is 0 Å². The molecule has 0 saturated carbocycles. The predicted molar refractivity (Wildman–Crippen MR) is 71.0 cm³/mol. The van der Waals surface area contributed by atoms with Gasteiger partial charge in [0.15, 0.2) is 5.16 Å². The monoisotopic (exact) mass is 240 g/mol. The molecule has 0 bridgehead atoms. The topological polar surface area (TPSA) is 55.0 Å². The van der Waals surface area contributed by atoms with Crippen LogP contribution in [0.15, 0.2) is 11.2 Å². The first-order valence-electron chi connectivity index (χ1n) is 5.53. The van der Waals surface area contributed by atoms with Crippen molar-refractivity contribution in [2.45, 2.75) is 37.9 Å². The van der Waals surface area contributed by atoms with Gasteiger partial charge in [-0.1, -0.05) is 25.6 Å². The fourth-order valence-electron chi connectivity index (χ4n) is 1.73. The number of thioether (sulfide) groups is 1. The maximum Gasteiger partial charge on any atom is 0.191 e. The van der Waals surface area contributed by atoms with Crippen molar-refractivity contribution in [2.24, 2.45) is 0 Å². The zero-order valence-corrected chi connectivity index (χ0v) is 11.2. The zero-order valence-electron chi connectivity index (χ0n) is 10.4. The van der Waals surface area contributed by atoms with Crippen LogP contribution in [0, 0.1) is 0 Å². The Morgan fingerprint density at radius 2 is 2.00 bits per heavy atom. The summed E-state index contributed by atoms with van der Waals surface area (Å²) in [7, 11) is 2.06. The normalized spacial score (nSPS) is 10.8. The molecular weight excluding hydrogens is 220 g/mol.